The Balaban J connectivity index is 0.000000199. The smallest absolute Gasteiger partial charge is 0.216 e. The molecule has 0 spiro atoms. The van der Waals surface area contributed by atoms with E-state index in [0.717, 1.165) is 56.9 Å². The zero-order valence-corrected chi connectivity index (χ0v) is 33.5. The van der Waals surface area contributed by atoms with E-state index in [2.05, 4.69) is 110 Å². The number of benzene rings is 2. The molecule has 1 aliphatic carbocycles. The van der Waals surface area contributed by atoms with E-state index < -0.39 is 8.07 Å². The Morgan fingerprint density at radius 1 is 0.857 bits per heavy atom. The summed E-state index contributed by atoms with van der Waals surface area (Å²) in [5, 5.41) is 3.61. The minimum absolute atomic E-state index is 0. The molecule has 1 saturated carbocycles. The predicted octanol–water partition coefficient (Wildman–Crippen LogP) is 11.1. The van der Waals surface area contributed by atoms with E-state index in [4.69, 9.17) is 4.42 Å². The van der Waals surface area contributed by atoms with Gasteiger partial charge in [-0.2, -0.15) is 0 Å². The molecule has 4 aromatic heterocycles. The van der Waals surface area contributed by atoms with Gasteiger partial charge < -0.3 is 14.4 Å². The minimum Gasteiger partial charge on any atom is -0.486 e. The third-order valence-corrected chi connectivity index (χ3v) is 11.8. The van der Waals surface area contributed by atoms with E-state index in [1.165, 1.54) is 48.4 Å². The van der Waals surface area contributed by atoms with Crippen molar-refractivity contribution in [3.05, 3.63) is 108 Å². The molecule has 1 atom stereocenters. The average Bonchev–Trinajstić information content (AvgIpc) is 3.46. The largest absolute Gasteiger partial charge is 0.486 e. The van der Waals surface area contributed by atoms with Crippen LogP contribution in [0.2, 0.25) is 19.6 Å². The van der Waals surface area contributed by atoms with Crippen molar-refractivity contribution in [2.75, 3.05) is 0 Å². The van der Waals surface area contributed by atoms with Gasteiger partial charge >= 0.3 is 0 Å². The van der Waals surface area contributed by atoms with Crippen molar-refractivity contribution in [3.63, 3.8) is 0 Å². The van der Waals surface area contributed by atoms with Gasteiger partial charge in [0, 0.05) is 43.6 Å². The van der Waals surface area contributed by atoms with Crippen LogP contribution in [0.3, 0.4) is 0 Å². The van der Waals surface area contributed by atoms with E-state index in [-0.39, 0.29) is 20.1 Å². The maximum absolute atomic E-state index is 6.15. The molecule has 49 heavy (non-hydrogen) atoms. The number of nitrogens with zero attached hydrogens (tertiary/aromatic N) is 3. The number of hydrogen-bond acceptors (Lipinski definition) is 4. The Morgan fingerprint density at radius 3 is 2.37 bits per heavy atom. The topological polar surface area (TPSA) is 51.8 Å². The van der Waals surface area contributed by atoms with Gasteiger partial charge in [0.1, 0.15) is 0 Å². The van der Waals surface area contributed by atoms with Gasteiger partial charge in [0.2, 0.25) is 5.71 Å². The van der Waals surface area contributed by atoms with Crippen molar-refractivity contribution in [1.29, 1.82) is 0 Å². The molecule has 6 heteroatoms. The molecule has 1 fully saturated rings. The molecule has 1 aliphatic rings. The summed E-state index contributed by atoms with van der Waals surface area (Å²) in [5.74, 6) is 2.00. The molecular formula is C43H49IrN3OSi-2. The van der Waals surface area contributed by atoms with Crippen LogP contribution in [0.5, 0.6) is 0 Å². The first-order valence-corrected chi connectivity index (χ1v) is 21.2. The molecule has 0 aliphatic heterocycles. The molecule has 0 N–H and O–H groups in total. The second-order valence-electron chi connectivity index (χ2n) is 15.0. The van der Waals surface area contributed by atoms with Crippen molar-refractivity contribution in [1.82, 2.24) is 15.0 Å². The second kappa shape index (κ2) is 16.1. The zero-order chi connectivity index (χ0) is 33.8. The van der Waals surface area contributed by atoms with Crippen LogP contribution in [0.15, 0.2) is 83.5 Å². The number of rotatable bonds is 7. The van der Waals surface area contributed by atoms with Crippen LogP contribution in [0, 0.1) is 30.9 Å². The number of furan rings is 1. The number of pyridine rings is 3. The summed E-state index contributed by atoms with van der Waals surface area (Å²) in [6.45, 7) is 16.1. The summed E-state index contributed by atoms with van der Waals surface area (Å²) in [6, 6.07) is 29.5. The van der Waals surface area contributed by atoms with Crippen molar-refractivity contribution >= 4 is 35.3 Å². The normalized spacial score (nSPS) is 14.4. The first-order chi connectivity index (χ1) is 23.1. The fraction of sp³-hybridized carbons (Fsp3) is 0.372. The maximum atomic E-state index is 6.15. The van der Waals surface area contributed by atoms with Crippen LogP contribution in [0.4, 0.5) is 0 Å². The van der Waals surface area contributed by atoms with Crippen LogP contribution in [0.25, 0.3) is 44.6 Å². The van der Waals surface area contributed by atoms with Crippen LogP contribution < -0.4 is 5.19 Å². The molecule has 4 nitrogen and oxygen atoms in total. The van der Waals surface area contributed by atoms with Gasteiger partial charge in [0.25, 0.3) is 0 Å². The third-order valence-electron chi connectivity index (χ3n) is 9.77. The van der Waals surface area contributed by atoms with E-state index in [1.54, 1.807) is 0 Å². The standard InChI is InChI=1S/C25H25N2O.C18H24NSi.Ir/c1-16-11-12-21-20-9-6-10-22(24(20)28-25(21)27-16)23-15-19(13-14-26-23)17(2)18-7-4-3-5-8-18;1-14(2)11-16-12-17(15-9-7-6-8-10-15)19-13-18(16)20(3,4)5;/h6,9,11-15,17-18H,3-5,7-8H2,1-2H3;6-9,12-14H,11H2,1-5H3;/q2*-1;. The summed E-state index contributed by atoms with van der Waals surface area (Å²) >= 11 is 0. The number of fused-ring (bicyclic) bond motifs is 3. The zero-order valence-electron chi connectivity index (χ0n) is 30.1. The first-order valence-electron chi connectivity index (χ1n) is 17.7. The van der Waals surface area contributed by atoms with Crippen LogP contribution >= 0.6 is 0 Å². The summed E-state index contributed by atoms with van der Waals surface area (Å²) in [7, 11) is -1.34. The van der Waals surface area contributed by atoms with Crippen molar-refractivity contribution < 1.29 is 24.5 Å². The van der Waals surface area contributed by atoms with Crippen LogP contribution in [0.1, 0.15) is 75.6 Å². The molecule has 0 saturated heterocycles. The molecule has 257 valence electrons. The van der Waals surface area contributed by atoms with Crippen LogP contribution in [-0.4, -0.2) is 23.0 Å². The van der Waals surface area contributed by atoms with Crippen molar-refractivity contribution in [3.8, 4) is 22.5 Å². The SMILES string of the molecule is CC(C)Cc1cc(-c2[c-]cccc2)ncc1[Si](C)(C)C.Cc1ccc2c(n1)oc1c(-c3cc(C(C)C4CCCCC4)ccn3)[c-]ccc12.[Ir]. The van der Waals surface area contributed by atoms with E-state index >= 15 is 0 Å². The van der Waals surface area contributed by atoms with Gasteiger partial charge in [-0.05, 0) is 78.7 Å². The molecule has 0 amide bonds. The van der Waals surface area contributed by atoms with Crippen LogP contribution in [-0.2, 0) is 26.5 Å². The monoisotopic (exact) mass is 844 g/mol. The van der Waals surface area contributed by atoms with Crippen molar-refractivity contribution in [2.45, 2.75) is 91.8 Å². The molecule has 2 aromatic carbocycles. The van der Waals surface area contributed by atoms with Gasteiger partial charge in [-0.15, -0.1) is 54.1 Å². The Labute approximate surface area is 307 Å². The Hall–Kier alpha value is -3.44. The molecule has 4 heterocycles. The minimum atomic E-state index is -1.34. The number of hydrogen-bond donors (Lipinski definition) is 0. The first kappa shape index (κ1) is 36.8. The summed E-state index contributed by atoms with van der Waals surface area (Å²) in [4.78, 5) is 13.9. The molecule has 6 aromatic rings. The van der Waals surface area contributed by atoms with Gasteiger partial charge in [-0.25, -0.2) is 4.98 Å². The summed E-state index contributed by atoms with van der Waals surface area (Å²) in [6.07, 6.45) is 12.0. The molecule has 1 unspecified atom stereocenters. The number of aryl methyl sites for hydroxylation is 1. The fourth-order valence-corrected chi connectivity index (χ4v) is 8.75. The van der Waals surface area contributed by atoms with E-state index in [9.17, 15) is 0 Å². The predicted molar refractivity (Wildman–Crippen MR) is 203 cm³/mol. The second-order valence-corrected chi connectivity index (χ2v) is 20.1. The number of aromatic nitrogens is 3. The molecule has 0 bridgehead atoms. The quantitative estimate of drug-likeness (QED) is 0.119. The summed E-state index contributed by atoms with van der Waals surface area (Å²) < 4.78 is 6.15. The van der Waals surface area contributed by atoms with Gasteiger partial charge in [0.15, 0.2) is 0 Å². The van der Waals surface area contributed by atoms with E-state index in [1.807, 2.05) is 43.5 Å². The summed E-state index contributed by atoms with van der Waals surface area (Å²) in [5.41, 5.74) is 9.29. The average molecular weight is 844 g/mol. The molecule has 7 rings (SSSR count). The maximum Gasteiger partial charge on any atom is 0.216 e. The van der Waals surface area contributed by atoms with Gasteiger partial charge in [0.05, 0.1) is 13.7 Å². The van der Waals surface area contributed by atoms with Gasteiger partial charge in [-0.3, -0.25) is 0 Å². The van der Waals surface area contributed by atoms with E-state index in [0.29, 0.717) is 17.5 Å². The Morgan fingerprint density at radius 2 is 1.65 bits per heavy atom. The van der Waals surface area contributed by atoms with Crippen molar-refractivity contribution in [2.24, 2.45) is 11.8 Å². The Bertz CT molecular complexity index is 1990. The third kappa shape index (κ3) is 8.66. The fourth-order valence-electron chi connectivity index (χ4n) is 7.16. The van der Waals surface area contributed by atoms with Gasteiger partial charge in [-0.1, -0.05) is 93.9 Å². The molecular weight excluding hydrogens is 795 g/mol. The molecule has 1 radical (unpaired) electrons. The Kier molecular flexibility index (Phi) is 12.1.